The maximum atomic E-state index is 12.4. The summed E-state index contributed by atoms with van der Waals surface area (Å²) >= 11 is 0. The second-order valence-corrected chi connectivity index (χ2v) is 5.85. The van der Waals surface area contributed by atoms with Crippen molar-refractivity contribution in [1.82, 2.24) is 4.90 Å². The summed E-state index contributed by atoms with van der Waals surface area (Å²) in [5, 5.41) is 20.2. The number of likely N-dealkylation sites (tertiary alicyclic amines) is 1. The topological polar surface area (TPSA) is 92.9 Å². The summed E-state index contributed by atoms with van der Waals surface area (Å²) in [6.45, 7) is 5.83. The number of carbonyl (C=O) groups excluding carboxylic acids is 1. The van der Waals surface area contributed by atoms with Gasteiger partial charge >= 0.3 is 5.69 Å². The molecule has 0 spiro atoms. The maximum Gasteiger partial charge on any atom is 0.311 e. The Bertz CT molecular complexity index is 573. The van der Waals surface area contributed by atoms with Crippen molar-refractivity contribution >= 4 is 11.6 Å². The van der Waals surface area contributed by atoms with Gasteiger partial charge in [-0.25, -0.2) is 0 Å². The minimum atomic E-state index is -0.704. The van der Waals surface area contributed by atoms with Gasteiger partial charge in [0.25, 0.3) is 5.91 Å². The molecule has 1 unspecified atom stereocenters. The molecule has 7 nitrogen and oxygen atoms in total. The molecule has 22 heavy (non-hydrogen) atoms. The summed E-state index contributed by atoms with van der Waals surface area (Å²) in [6, 6.07) is 3.68. The zero-order chi connectivity index (χ0) is 16.3. The molecule has 7 heteroatoms. The van der Waals surface area contributed by atoms with Gasteiger partial charge in [-0.3, -0.25) is 14.9 Å². The predicted octanol–water partition coefficient (Wildman–Crippen LogP) is 2.19. The van der Waals surface area contributed by atoms with E-state index in [0.717, 1.165) is 12.5 Å². The Balaban J connectivity index is 2.03. The highest BCUT2D eigenvalue weighted by atomic mass is 16.6. The van der Waals surface area contributed by atoms with Crippen LogP contribution >= 0.6 is 0 Å². The van der Waals surface area contributed by atoms with Crippen LogP contribution in [0.5, 0.6) is 5.75 Å². The van der Waals surface area contributed by atoms with E-state index >= 15 is 0 Å². The highest BCUT2D eigenvalue weighted by Gasteiger charge is 2.28. The van der Waals surface area contributed by atoms with E-state index in [-0.39, 0.29) is 17.6 Å². The summed E-state index contributed by atoms with van der Waals surface area (Å²) < 4.78 is 5.72. The minimum absolute atomic E-state index is 0.0125. The molecule has 0 aromatic heterocycles. The number of nitrogens with zero attached hydrogens (tertiary/aromatic N) is 2. The monoisotopic (exact) mass is 308 g/mol. The lowest BCUT2D eigenvalue weighted by Gasteiger charge is -2.17. The molecule has 1 atom stereocenters. The lowest BCUT2D eigenvalue weighted by molar-refractivity contribution is -0.385. The molecule has 0 bridgehead atoms. The van der Waals surface area contributed by atoms with Gasteiger partial charge in [0.1, 0.15) is 0 Å². The molecule has 1 aromatic rings. The number of benzene rings is 1. The highest BCUT2D eigenvalue weighted by Crippen LogP contribution is 2.27. The Labute approximate surface area is 128 Å². The van der Waals surface area contributed by atoms with Crippen LogP contribution in [0.2, 0.25) is 0 Å². The van der Waals surface area contributed by atoms with E-state index in [1.165, 1.54) is 12.1 Å². The lowest BCUT2D eigenvalue weighted by atomic mass is 10.1. The standard InChI is InChI=1S/C15H20N2O5/c1-10(2)9-22-12-5-6-16(8-12)15(19)11-3-4-14(18)13(7-11)17(20)21/h3-4,7,10,12,18H,5-6,8-9H2,1-2H3. The van der Waals surface area contributed by atoms with Crippen LogP contribution in [0.4, 0.5) is 5.69 Å². The minimum Gasteiger partial charge on any atom is -0.502 e. The number of rotatable bonds is 5. The SMILES string of the molecule is CC(C)COC1CCN(C(=O)c2ccc(O)c([N+](=O)[O-])c2)C1. The number of nitro benzene ring substituents is 1. The molecule has 120 valence electrons. The predicted molar refractivity (Wildman–Crippen MR) is 79.9 cm³/mol. The van der Waals surface area contributed by atoms with E-state index in [1.54, 1.807) is 4.90 Å². The fourth-order valence-corrected chi connectivity index (χ4v) is 2.36. The molecule has 1 N–H and O–H groups in total. The van der Waals surface area contributed by atoms with Crippen molar-refractivity contribution in [3.05, 3.63) is 33.9 Å². The second-order valence-electron chi connectivity index (χ2n) is 5.85. The number of hydrogen-bond acceptors (Lipinski definition) is 5. The fourth-order valence-electron chi connectivity index (χ4n) is 2.36. The molecule has 0 saturated carbocycles. The molecule has 1 heterocycles. The zero-order valence-corrected chi connectivity index (χ0v) is 12.7. The van der Waals surface area contributed by atoms with Crippen LogP contribution < -0.4 is 0 Å². The molecule has 1 saturated heterocycles. The number of nitro groups is 1. The van der Waals surface area contributed by atoms with Gasteiger partial charge in [-0.15, -0.1) is 0 Å². The third kappa shape index (κ3) is 3.73. The average molecular weight is 308 g/mol. The number of phenols is 1. The van der Waals surface area contributed by atoms with E-state index in [9.17, 15) is 20.0 Å². The Morgan fingerprint density at radius 1 is 1.55 bits per heavy atom. The van der Waals surface area contributed by atoms with E-state index < -0.39 is 16.4 Å². The van der Waals surface area contributed by atoms with Crippen LogP contribution in [0.1, 0.15) is 30.6 Å². The van der Waals surface area contributed by atoms with Gasteiger partial charge in [0.15, 0.2) is 5.75 Å². The first kappa shape index (κ1) is 16.2. The van der Waals surface area contributed by atoms with Crippen LogP contribution in [0.3, 0.4) is 0 Å². The van der Waals surface area contributed by atoms with Crippen molar-refractivity contribution in [3.63, 3.8) is 0 Å². The molecule has 1 amide bonds. The number of carbonyl (C=O) groups is 1. The number of amides is 1. The second kappa shape index (κ2) is 6.74. The van der Waals surface area contributed by atoms with Gasteiger partial charge in [-0.2, -0.15) is 0 Å². The molecule has 2 rings (SSSR count). The average Bonchev–Trinajstić information content (AvgIpc) is 2.93. The normalized spacial score (nSPS) is 18.0. The van der Waals surface area contributed by atoms with E-state index in [1.807, 2.05) is 0 Å². The van der Waals surface area contributed by atoms with Gasteiger partial charge in [-0.05, 0) is 24.5 Å². The number of phenolic OH excluding ortho intramolecular Hbond substituents is 1. The summed E-state index contributed by atoms with van der Waals surface area (Å²) in [5.74, 6) is -0.288. The quantitative estimate of drug-likeness (QED) is 0.665. The fraction of sp³-hybridized carbons (Fsp3) is 0.533. The third-order valence-corrected chi connectivity index (χ3v) is 3.52. The van der Waals surface area contributed by atoms with E-state index in [0.29, 0.717) is 25.6 Å². The summed E-state index contributed by atoms with van der Waals surface area (Å²) in [5.41, 5.74) is -0.258. The Kier molecular flexibility index (Phi) is 4.97. The first-order chi connectivity index (χ1) is 10.4. The Morgan fingerprint density at radius 2 is 2.27 bits per heavy atom. The van der Waals surface area contributed by atoms with Crippen molar-refractivity contribution in [2.45, 2.75) is 26.4 Å². The first-order valence-electron chi connectivity index (χ1n) is 7.26. The molecule has 0 radical (unpaired) electrons. The number of ether oxygens (including phenoxy) is 1. The van der Waals surface area contributed by atoms with Gasteiger partial charge in [-0.1, -0.05) is 13.8 Å². The van der Waals surface area contributed by atoms with Gasteiger partial charge < -0.3 is 14.7 Å². The highest BCUT2D eigenvalue weighted by molar-refractivity contribution is 5.95. The largest absolute Gasteiger partial charge is 0.502 e. The van der Waals surface area contributed by atoms with Gasteiger partial charge in [0, 0.05) is 31.3 Å². The van der Waals surface area contributed by atoms with Crippen LogP contribution in [0.25, 0.3) is 0 Å². The van der Waals surface area contributed by atoms with Gasteiger partial charge in [0.2, 0.25) is 0 Å². The summed E-state index contributed by atoms with van der Waals surface area (Å²) in [4.78, 5) is 24.1. The molecule has 1 aliphatic rings. The number of hydrogen-bond donors (Lipinski definition) is 1. The van der Waals surface area contributed by atoms with E-state index in [2.05, 4.69) is 13.8 Å². The Morgan fingerprint density at radius 3 is 2.91 bits per heavy atom. The van der Waals surface area contributed by atoms with E-state index in [4.69, 9.17) is 4.74 Å². The molecular weight excluding hydrogens is 288 g/mol. The summed E-state index contributed by atoms with van der Waals surface area (Å²) in [6.07, 6.45) is 0.775. The van der Waals surface area contributed by atoms with Crippen LogP contribution in [0, 0.1) is 16.0 Å². The first-order valence-corrected chi connectivity index (χ1v) is 7.26. The molecular formula is C15H20N2O5. The van der Waals surface area contributed by atoms with Crippen LogP contribution in [0.15, 0.2) is 18.2 Å². The van der Waals surface area contributed by atoms with Gasteiger partial charge in [0.05, 0.1) is 11.0 Å². The summed E-state index contributed by atoms with van der Waals surface area (Å²) in [7, 11) is 0. The molecule has 0 aliphatic carbocycles. The molecule has 1 fully saturated rings. The lowest BCUT2D eigenvalue weighted by Crippen LogP contribution is -2.30. The van der Waals surface area contributed by atoms with Crippen molar-refractivity contribution in [3.8, 4) is 5.75 Å². The zero-order valence-electron chi connectivity index (χ0n) is 12.7. The molecule has 1 aromatic carbocycles. The third-order valence-electron chi connectivity index (χ3n) is 3.52. The van der Waals surface area contributed by atoms with Crippen LogP contribution in [-0.2, 0) is 4.74 Å². The van der Waals surface area contributed by atoms with Crippen molar-refractivity contribution in [2.24, 2.45) is 5.92 Å². The van der Waals surface area contributed by atoms with Crippen LogP contribution in [-0.4, -0.2) is 46.6 Å². The van der Waals surface area contributed by atoms with Crippen molar-refractivity contribution < 1.29 is 19.6 Å². The maximum absolute atomic E-state index is 12.4. The van der Waals surface area contributed by atoms with Crippen molar-refractivity contribution in [1.29, 1.82) is 0 Å². The number of aromatic hydroxyl groups is 1. The smallest absolute Gasteiger partial charge is 0.311 e. The Hall–Kier alpha value is -2.15. The molecule has 1 aliphatic heterocycles. The van der Waals surface area contributed by atoms with Crippen molar-refractivity contribution in [2.75, 3.05) is 19.7 Å².